The first kappa shape index (κ1) is 13.6. The summed E-state index contributed by atoms with van der Waals surface area (Å²) in [6, 6.07) is 8.87. The molecule has 0 bridgehead atoms. The molecule has 1 fully saturated rings. The maximum atomic E-state index is 12.4. The van der Waals surface area contributed by atoms with Gasteiger partial charge in [-0.05, 0) is 43.2 Å². The predicted octanol–water partition coefficient (Wildman–Crippen LogP) is 1.09. The zero-order valence-corrected chi connectivity index (χ0v) is 11.8. The van der Waals surface area contributed by atoms with Crippen molar-refractivity contribution < 1.29 is 4.79 Å². The lowest BCUT2D eigenvalue weighted by Crippen LogP contribution is -2.51. The van der Waals surface area contributed by atoms with Gasteiger partial charge in [-0.15, -0.1) is 0 Å². The summed E-state index contributed by atoms with van der Waals surface area (Å²) in [6.07, 6.45) is 4.85. The number of amides is 1. The van der Waals surface area contributed by atoms with Crippen LogP contribution in [0.2, 0.25) is 0 Å². The molecule has 4 heteroatoms. The van der Waals surface area contributed by atoms with Crippen LogP contribution in [-0.4, -0.2) is 24.0 Å². The molecule has 1 aromatic rings. The molecule has 4 N–H and O–H groups in total. The van der Waals surface area contributed by atoms with Crippen molar-refractivity contribution in [2.75, 3.05) is 0 Å². The fourth-order valence-electron chi connectivity index (χ4n) is 3.21. The molecule has 1 aliphatic carbocycles. The molecule has 0 aromatic heterocycles. The normalized spacial score (nSPS) is 29.6. The standard InChI is InChI=1S/C16H23N3O/c17-13-5-7-14(8-6-13)19-16(20)15-9-11-3-1-2-4-12(11)10-18-15/h1-4,13-15,18H,5-10,17H2,(H,19,20)/t13?,14?,15-/m1/s1. The van der Waals surface area contributed by atoms with Gasteiger partial charge in [0.1, 0.15) is 0 Å². The lowest BCUT2D eigenvalue weighted by Gasteiger charge is -2.30. The number of rotatable bonds is 2. The average Bonchev–Trinajstić information content (AvgIpc) is 2.49. The zero-order chi connectivity index (χ0) is 13.9. The summed E-state index contributed by atoms with van der Waals surface area (Å²) in [4.78, 5) is 12.4. The number of carbonyl (C=O) groups is 1. The first-order valence-electron chi connectivity index (χ1n) is 7.58. The van der Waals surface area contributed by atoms with Gasteiger partial charge in [-0.3, -0.25) is 4.79 Å². The Hall–Kier alpha value is -1.39. The largest absolute Gasteiger partial charge is 0.352 e. The van der Waals surface area contributed by atoms with Gasteiger partial charge in [0.15, 0.2) is 0 Å². The number of hydrogen-bond acceptors (Lipinski definition) is 3. The van der Waals surface area contributed by atoms with Crippen molar-refractivity contribution in [1.82, 2.24) is 10.6 Å². The average molecular weight is 273 g/mol. The molecule has 1 heterocycles. The minimum absolute atomic E-state index is 0.0968. The van der Waals surface area contributed by atoms with Crippen LogP contribution in [-0.2, 0) is 17.8 Å². The number of nitrogens with two attached hydrogens (primary N) is 1. The molecule has 1 aliphatic heterocycles. The highest BCUT2D eigenvalue weighted by Gasteiger charge is 2.27. The van der Waals surface area contributed by atoms with Crippen LogP contribution in [0.25, 0.3) is 0 Å². The van der Waals surface area contributed by atoms with Crippen LogP contribution in [0.5, 0.6) is 0 Å². The van der Waals surface area contributed by atoms with E-state index in [1.54, 1.807) is 0 Å². The summed E-state index contributed by atoms with van der Waals surface area (Å²) in [7, 11) is 0. The van der Waals surface area contributed by atoms with Crippen LogP contribution in [0.15, 0.2) is 24.3 Å². The molecule has 0 saturated heterocycles. The Bertz CT molecular complexity index is 480. The van der Waals surface area contributed by atoms with E-state index in [9.17, 15) is 4.79 Å². The quantitative estimate of drug-likeness (QED) is 0.755. The van der Waals surface area contributed by atoms with Crippen molar-refractivity contribution in [3.63, 3.8) is 0 Å². The third kappa shape index (κ3) is 3.02. The Morgan fingerprint density at radius 1 is 1.15 bits per heavy atom. The monoisotopic (exact) mass is 273 g/mol. The molecule has 0 unspecified atom stereocenters. The number of carbonyl (C=O) groups excluding carboxylic acids is 1. The van der Waals surface area contributed by atoms with Gasteiger partial charge < -0.3 is 16.4 Å². The molecular formula is C16H23N3O. The molecule has 1 saturated carbocycles. The Balaban J connectivity index is 1.56. The number of benzene rings is 1. The molecule has 3 rings (SSSR count). The van der Waals surface area contributed by atoms with Crippen molar-refractivity contribution in [3.8, 4) is 0 Å². The number of fused-ring (bicyclic) bond motifs is 1. The van der Waals surface area contributed by atoms with E-state index in [0.29, 0.717) is 12.1 Å². The summed E-state index contributed by atoms with van der Waals surface area (Å²) >= 11 is 0. The van der Waals surface area contributed by atoms with Crippen LogP contribution < -0.4 is 16.4 Å². The first-order chi connectivity index (χ1) is 9.72. The van der Waals surface area contributed by atoms with Gasteiger partial charge in [-0.1, -0.05) is 24.3 Å². The molecule has 20 heavy (non-hydrogen) atoms. The van der Waals surface area contributed by atoms with Gasteiger partial charge in [0.2, 0.25) is 5.91 Å². The van der Waals surface area contributed by atoms with Gasteiger partial charge in [-0.2, -0.15) is 0 Å². The predicted molar refractivity (Wildman–Crippen MR) is 79.1 cm³/mol. The van der Waals surface area contributed by atoms with Crippen molar-refractivity contribution >= 4 is 5.91 Å². The summed E-state index contributed by atoms with van der Waals surface area (Å²) in [5.74, 6) is 0.139. The number of hydrogen-bond donors (Lipinski definition) is 3. The maximum absolute atomic E-state index is 12.4. The van der Waals surface area contributed by atoms with E-state index >= 15 is 0 Å². The van der Waals surface area contributed by atoms with E-state index in [-0.39, 0.29) is 11.9 Å². The van der Waals surface area contributed by atoms with E-state index in [0.717, 1.165) is 38.6 Å². The van der Waals surface area contributed by atoms with Gasteiger partial charge >= 0.3 is 0 Å². The molecule has 0 spiro atoms. The van der Waals surface area contributed by atoms with Gasteiger partial charge in [0.25, 0.3) is 0 Å². The van der Waals surface area contributed by atoms with E-state index in [4.69, 9.17) is 5.73 Å². The lowest BCUT2D eigenvalue weighted by molar-refractivity contribution is -0.124. The van der Waals surface area contributed by atoms with Crippen LogP contribution in [0.3, 0.4) is 0 Å². The molecule has 2 aliphatic rings. The minimum atomic E-state index is -0.0968. The number of nitrogens with one attached hydrogen (secondary N) is 2. The van der Waals surface area contributed by atoms with Gasteiger partial charge in [-0.25, -0.2) is 0 Å². The van der Waals surface area contributed by atoms with Crippen molar-refractivity contribution in [2.24, 2.45) is 5.73 Å². The maximum Gasteiger partial charge on any atom is 0.237 e. The van der Waals surface area contributed by atoms with Crippen LogP contribution in [0.4, 0.5) is 0 Å². The highest BCUT2D eigenvalue weighted by Crippen LogP contribution is 2.19. The van der Waals surface area contributed by atoms with Crippen LogP contribution in [0.1, 0.15) is 36.8 Å². The molecule has 1 atom stereocenters. The highest BCUT2D eigenvalue weighted by atomic mass is 16.2. The third-order valence-corrected chi connectivity index (χ3v) is 4.52. The third-order valence-electron chi connectivity index (χ3n) is 4.52. The highest BCUT2D eigenvalue weighted by molar-refractivity contribution is 5.82. The minimum Gasteiger partial charge on any atom is -0.352 e. The molecular weight excluding hydrogens is 250 g/mol. The topological polar surface area (TPSA) is 67.1 Å². The van der Waals surface area contributed by atoms with Crippen molar-refractivity contribution in [1.29, 1.82) is 0 Å². The zero-order valence-electron chi connectivity index (χ0n) is 11.8. The fraction of sp³-hybridized carbons (Fsp3) is 0.562. The van der Waals surface area contributed by atoms with Crippen molar-refractivity contribution in [3.05, 3.63) is 35.4 Å². The molecule has 108 valence electrons. The lowest BCUT2D eigenvalue weighted by atomic mass is 9.91. The SMILES string of the molecule is NC1CCC(NC(=O)[C@H]2Cc3ccccc3CN2)CC1. The Morgan fingerprint density at radius 3 is 2.60 bits per heavy atom. The van der Waals surface area contributed by atoms with Gasteiger partial charge in [0.05, 0.1) is 6.04 Å². The second-order valence-electron chi connectivity index (χ2n) is 6.03. The van der Waals surface area contributed by atoms with Crippen LogP contribution >= 0.6 is 0 Å². The van der Waals surface area contributed by atoms with Gasteiger partial charge in [0, 0.05) is 18.6 Å². The van der Waals surface area contributed by atoms with E-state index in [1.165, 1.54) is 11.1 Å². The second kappa shape index (κ2) is 5.94. The van der Waals surface area contributed by atoms with Crippen LogP contribution in [0, 0.1) is 0 Å². The van der Waals surface area contributed by atoms with Crippen molar-refractivity contribution in [2.45, 2.75) is 56.8 Å². The van der Waals surface area contributed by atoms with E-state index < -0.39 is 0 Å². The Morgan fingerprint density at radius 2 is 1.85 bits per heavy atom. The van der Waals surface area contributed by atoms with E-state index in [2.05, 4.69) is 22.8 Å². The Kier molecular flexibility index (Phi) is 4.03. The molecule has 0 radical (unpaired) electrons. The first-order valence-corrected chi connectivity index (χ1v) is 7.58. The second-order valence-corrected chi connectivity index (χ2v) is 6.03. The Labute approximate surface area is 120 Å². The molecule has 1 amide bonds. The van der Waals surface area contributed by atoms with E-state index in [1.807, 2.05) is 12.1 Å². The smallest absolute Gasteiger partial charge is 0.237 e. The fourth-order valence-corrected chi connectivity index (χ4v) is 3.21. The molecule has 1 aromatic carbocycles. The summed E-state index contributed by atoms with van der Waals surface area (Å²) in [6.45, 7) is 0.782. The summed E-state index contributed by atoms with van der Waals surface area (Å²) in [5.41, 5.74) is 8.49. The summed E-state index contributed by atoms with van der Waals surface area (Å²) < 4.78 is 0. The molecule has 4 nitrogen and oxygen atoms in total. The summed E-state index contributed by atoms with van der Waals surface area (Å²) in [5, 5.41) is 6.52.